The highest BCUT2D eigenvalue weighted by Crippen LogP contribution is 2.34. The first kappa shape index (κ1) is 18.3. The molecule has 0 aliphatic carbocycles. The molecule has 0 amide bonds. The molecule has 0 bridgehead atoms. The van der Waals surface area contributed by atoms with Gasteiger partial charge in [0.25, 0.3) is 0 Å². The average Bonchev–Trinajstić information content (AvgIpc) is 2.50. The highest BCUT2D eigenvalue weighted by molar-refractivity contribution is 7.98. The van der Waals surface area contributed by atoms with Gasteiger partial charge in [-0.1, -0.05) is 24.9 Å². The minimum absolute atomic E-state index is 0.450. The van der Waals surface area contributed by atoms with Crippen LogP contribution < -0.4 is 10.5 Å². The summed E-state index contributed by atoms with van der Waals surface area (Å²) in [5.74, 6) is 1.67. The summed E-state index contributed by atoms with van der Waals surface area (Å²) >= 11 is 7.91. The number of hydrogen-bond acceptors (Lipinski definition) is 5. The molecule has 0 unspecified atom stereocenters. The highest BCUT2D eigenvalue weighted by atomic mass is 35.5. The Morgan fingerprint density at radius 3 is 2.78 bits per heavy atom. The molecule has 2 aromatic rings. The van der Waals surface area contributed by atoms with E-state index in [-0.39, 0.29) is 0 Å². The zero-order chi connectivity index (χ0) is 16.9. The Balaban J connectivity index is 2.42. The largest absolute Gasteiger partial charge is 0.477 e. The van der Waals surface area contributed by atoms with Crippen LogP contribution in [0.15, 0.2) is 18.5 Å². The molecule has 2 rings (SSSR count). The van der Waals surface area contributed by atoms with Gasteiger partial charge in [0.05, 0.1) is 12.0 Å². The van der Waals surface area contributed by atoms with Crippen molar-refractivity contribution >= 4 is 34.1 Å². The quantitative estimate of drug-likeness (QED) is 0.563. The van der Waals surface area contributed by atoms with Crippen molar-refractivity contribution in [2.45, 2.75) is 38.6 Å². The lowest BCUT2D eigenvalue weighted by atomic mass is 9.87. The van der Waals surface area contributed by atoms with E-state index in [1.54, 1.807) is 18.0 Å². The normalized spacial score (nSPS) is 14.0. The molecule has 0 fully saturated rings. The Labute approximate surface area is 147 Å². The molecule has 0 aliphatic heterocycles. The van der Waals surface area contributed by atoms with E-state index in [2.05, 4.69) is 23.1 Å². The van der Waals surface area contributed by atoms with Gasteiger partial charge in [-0.3, -0.25) is 0 Å². The first-order chi connectivity index (χ1) is 11.0. The minimum atomic E-state index is -0.456. The van der Waals surface area contributed by atoms with Gasteiger partial charge in [0.15, 0.2) is 0 Å². The van der Waals surface area contributed by atoms with Gasteiger partial charge in [0, 0.05) is 17.9 Å². The van der Waals surface area contributed by atoms with E-state index in [1.165, 1.54) is 0 Å². The van der Waals surface area contributed by atoms with Crippen LogP contribution in [0.25, 0.3) is 10.8 Å². The Morgan fingerprint density at radius 1 is 1.30 bits per heavy atom. The van der Waals surface area contributed by atoms with Crippen LogP contribution in [0.3, 0.4) is 0 Å². The fourth-order valence-corrected chi connectivity index (χ4v) is 3.25. The summed E-state index contributed by atoms with van der Waals surface area (Å²) in [5.41, 5.74) is 7.03. The smallest absolute Gasteiger partial charge is 0.222 e. The van der Waals surface area contributed by atoms with Crippen LogP contribution in [0.1, 0.15) is 38.7 Å². The summed E-state index contributed by atoms with van der Waals surface area (Å²) in [6.07, 6.45) is 8.48. The lowest BCUT2D eigenvalue weighted by Gasteiger charge is -2.26. The van der Waals surface area contributed by atoms with Crippen molar-refractivity contribution in [3.05, 3.63) is 29.2 Å². The molecular weight excluding hydrogens is 330 g/mol. The maximum absolute atomic E-state index is 6.51. The number of rotatable bonds is 8. The van der Waals surface area contributed by atoms with Crippen LogP contribution in [0, 0.1) is 0 Å². The van der Waals surface area contributed by atoms with Gasteiger partial charge < -0.3 is 10.5 Å². The van der Waals surface area contributed by atoms with Crippen LogP contribution in [-0.2, 0) is 5.54 Å². The molecule has 0 spiro atoms. The maximum atomic E-state index is 6.51. The number of thioether (sulfide) groups is 1. The number of nitrogens with two attached hydrogens (primary N) is 1. The van der Waals surface area contributed by atoms with Gasteiger partial charge in [0.1, 0.15) is 5.15 Å². The summed E-state index contributed by atoms with van der Waals surface area (Å²) in [7, 11) is 0. The summed E-state index contributed by atoms with van der Waals surface area (Å²) in [4.78, 5) is 8.67. The first-order valence-electron chi connectivity index (χ1n) is 7.85. The molecule has 0 aromatic carbocycles. The van der Waals surface area contributed by atoms with Crippen LogP contribution in [0.5, 0.6) is 5.88 Å². The topological polar surface area (TPSA) is 61.0 Å². The van der Waals surface area contributed by atoms with Crippen molar-refractivity contribution in [1.29, 1.82) is 0 Å². The average molecular weight is 354 g/mol. The zero-order valence-corrected chi connectivity index (χ0v) is 15.5. The Bertz CT molecular complexity index is 664. The van der Waals surface area contributed by atoms with Gasteiger partial charge in [-0.05, 0) is 48.8 Å². The Morgan fingerprint density at radius 2 is 2.09 bits per heavy atom. The number of ether oxygens (including phenoxy) is 1. The molecule has 2 aromatic heterocycles. The predicted molar refractivity (Wildman–Crippen MR) is 99.5 cm³/mol. The van der Waals surface area contributed by atoms with Crippen molar-refractivity contribution in [1.82, 2.24) is 9.97 Å². The van der Waals surface area contributed by atoms with Crippen LogP contribution in [-0.4, -0.2) is 28.6 Å². The predicted octanol–water partition coefficient (Wildman–Crippen LogP) is 4.39. The fraction of sp³-hybridized carbons (Fsp3) is 0.529. The van der Waals surface area contributed by atoms with E-state index in [0.717, 1.165) is 41.4 Å². The zero-order valence-electron chi connectivity index (χ0n) is 13.9. The highest BCUT2D eigenvalue weighted by Gasteiger charge is 2.24. The monoisotopic (exact) mass is 353 g/mol. The van der Waals surface area contributed by atoms with Gasteiger partial charge in [0.2, 0.25) is 5.88 Å². The SMILES string of the molecule is CCC[C@](C)(N)c1cnc(OCCCSC)c2cnc(Cl)cc12. The van der Waals surface area contributed by atoms with E-state index >= 15 is 0 Å². The van der Waals surface area contributed by atoms with Crippen LogP contribution in [0.2, 0.25) is 5.15 Å². The molecule has 2 heterocycles. The second kappa shape index (κ2) is 8.18. The molecule has 0 saturated heterocycles. The third-order valence-electron chi connectivity index (χ3n) is 3.82. The molecule has 2 N–H and O–H groups in total. The maximum Gasteiger partial charge on any atom is 0.222 e. The van der Waals surface area contributed by atoms with E-state index in [0.29, 0.717) is 17.6 Å². The minimum Gasteiger partial charge on any atom is -0.477 e. The van der Waals surface area contributed by atoms with Gasteiger partial charge >= 0.3 is 0 Å². The molecule has 6 heteroatoms. The second-order valence-electron chi connectivity index (χ2n) is 5.89. The van der Waals surface area contributed by atoms with E-state index in [9.17, 15) is 0 Å². The van der Waals surface area contributed by atoms with Crippen LogP contribution >= 0.6 is 23.4 Å². The van der Waals surface area contributed by atoms with Gasteiger partial charge in [-0.2, -0.15) is 11.8 Å². The number of aromatic nitrogens is 2. The number of fused-ring (bicyclic) bond motifs is 1. The van der Waals surface area contributed by atoms with E-state index < -0.39 is 5.54 Å². The van der Waals surface area contributed by atoms with Crippen molar-refractivity contribution in [2.75, 3.05) is 18.6 Å². The summed E-state index contributed by atoms with van der Waals surface area (Å²) in [6, 6.07) is 1.85. The molecule has 126 valence electrons. The third-order valence-corrected chi connectivity index (χ3v) is 4.72. The molecule has 0 radical (unpaired) electrons. The Kier molecular flexibility index (Phi) is 6.50. The number of pyridine rings is 2. The summed E-state index contributed by atoms with van der Waals surface area (Å²) < 4.78 is 5.84. The fourth-order valence-electron chi connectivity index (χ4n) is 2.68. The molecular formula is C17H24ClN3OS. The van der Waals surface area contributed by atoms with Crippen molar-refractivity contribution in [3.8, 4) is 5.88 Å². The molecule has 1 atom stereocenters. The lowest BCUT2D eigenvalue weighted by molar-refractivity contribution is 0.310. The van der Waals surface area contributed by atoms with Crippen molar-refractivity contribution < 1.29 is 4.74 Å². The van der Waals surface area contributed by atoms with E-state index in [1.807, 2.05) is 19.2 Å². The van der Waals surface area contributed by atoms with Crippen molar-refractivity contribution in [3.63, 3.8) is 0 Å². The van der Waals surface area contributed by atoms with Crippen LogP contribution in [0.4, 0.5) is 0 Å². The molecule has 0 saturated carbocycles. The molecule has 0 aliphatic rings. The van der Waals surface area contributed by atoms with Crippen molar-refractivity contribution in [2.24, 2.45) is 5.73 Å². The second-order valence-corrected chi connectivity index (χ2v) is 7.26. The number of halogens is 1. The lowest BCUT2D eigenvalue weighted by Crippen LogP contribution is -2.33. The number of nitrogens with zero attached hydrogens (tertiary/aromatic N) is 2. The third kappa shape index (κ3) is 4.49. The summed E-state index contributed by atoms with van der Waals surface area (Å²) in [5, 5.41) is 2.28. The van der Waals surface area contributed by atoms with Gasteiger partial charge in [-0.15, -0.1) is 0 Å². The molecule has 23 heavy (non-hydrogen) atoms. The number of hydrogen-bond donors (Lipinski definition) is 1. The van der Waals surface area contributed by atoms with E-state index in [4.69, 9.17) is 22.1 Å². The Hall–Kier alpha value is -1.04. The molecule has 4 nitrogen and oxygen atoms in total. The first-order valence-corrected chi connectivity index (χ1v) is 9.62. The van der Waals surface area contributed by atoms with Gasteiger partial charge in [-0.25, -0.2) is 9.97 Å². The summed E-state index contributed by atoms with van der Waals surface area (Å²) in [6.45, 7) is 4.79. The standard InChI is InChI=1S/C17H24ClN3OS/c1-4-6-17(2,19)14-11-21-16(22-7-5-8-23-3)13-10-20-15(18)9-12(13)14/h9-11H,4-8,19H2,1-3H3/t17-/m0/s1.